The maximum atomic E-state index is 14.2. The fourth-order valence-electron chi connectivity index (χ4n) is 2.93. The highest BCUT2D eigenvalue weighted by molar-refractivity contribution is 6.09. The minimum Gasteiger partial charge on any atom is -0.382 e. The van der Waals surface area contributed by atoms with Crippen LogP contribution in [-0.2, 0) is 0 Å². The lowest BCUT2D eigenvalue weighted by Crippen LogP contribution is -2.04. The van der Waals surface area contributed by atoms with Gasteiger partial charge in [0.1, 0.15) is 23.0 Å². The van der Waals surface area contributed by atoms with Crippen molar-refractivity contribution in [3.05, 3.63) is 89.6 Å². The first kappa shape index (κ1) is 16.0. The van der Waals surface area contributed by atoms with Gasteiger partial charge in [0, 0.05) is 17.3 Å². The summed E-state index contributed by atoms with van der Waals surface area (Å²) >= 11 is 0. The molecule has 0 aliphatic heterocycles. The maximum absolute atomic E-state index is 14.2. The van der Waals surface area contributed by atoms with Crippen LogP contribution in [0.3, 0.4) is 0 Å². The molecule has 4 aromatic rings. The van der Waals surface area contributed by atoms with Crippen molar-refractivity contribution in [2.24, 2.45) is 0 Å². The Bertz CT molecular complexity index is 1120. The van der Waals surface area contributed by atoms with Gasteiger partial charge in [0.05, 0.1) is 5.56 Å². The summed E-state index contributed by atoms with van der Waals surface area (Å²) in [6, 6.07) is 15.5. The SMILES string of the molecule is Nc1nc2ccc(C(=O)c3ccccc3)cn2c1-c1c(F)cccc1F. The molecule has 4 nitrogen and oxygen atoms in total. The van der Waals surface area contributed by atoms with Gasteiger partial charge in [-0.2, -0.15) is 0 Å². The molecule has 0 aliphatic rings. The number of ketones is 1. The van der Waals surface area contributed by atoms with Crippen molar-refractivity contribution in [3.8, 4) is 11.3 Å². The smallest absolute Gasteiger partial charge is 0.194 e. The first-order chi connectivity index (χ1) is 12.6. The molecule has 2 aromatic carbocycles. The van der Waals surface area contributed by atoms with E-state index >= 15 is 0 Å². The number of imidazole rings is 1. The van der Waals surface area contributed by atoms with Gasteiger partial charge >= 0.3 is 0 Å². The van der Waals surface area contributed by atoms with Crippen LogP contribution in [0.4, 0.5) is 14.6 Å². The third-order valence-electron chi connectivity index (χ3n) is 4.14. The van der Waals surface area contributed by atoms with E-state index in [0.717, 1.165) is 12.1 Å². The van der Waals surface area contributed by atoms with E-state index in [9.17, 15) is 13.6 Å². The highest BCUT2D eigenvalue weighted by Gasteiger charge is 2.20. The molecule has 2 aromatic heterocycles. The van der Waals surface area contributed by atoms with Gasteiger partial charge in [-0.25, -0.2) is 13.8 Å². The summed E-state index contributed by atoms with van der Waals surface area (Å²) in [6.45, 7) is 0. The predicted molar refractivity (Wildman–Crippen MR) is 94.8 cm³/mol. The zero-order chi connectivity index (χ0) is 18.3. The summed E-state index contributed by atoms with van der Waals surface area (Å²) in [5, 5.41) is 0. The number of hydrogen-bond acceptors (Lipinski definition) is 3. The first-order valence-electron chi connectivity index (χ1n) is 7.88. The molecule has 2 N–H and O–H groups in total. The van der Waals surface area contributed by atoms with Gasteiger partial charge in [-0.3, -0.25) is 9.20 Å². The molecule has 4 rings (SSSR count). The van der Waals surface area contributed by atoms with Crippen LogP contribution in [0.15, 0.2) is 66.9 Å². The Balaban J connectivity index is 1.93. The van der Waals surface area contributed by atoms with Crippen molar-refractivity contribution >= 4 is 17.2 Å². The summed E-state index contributed by atoms with van der Waals surface area (Å²) in [6.07, 6.45) is 1.50. The molecule has 0 aliphatic carbocycles. The Hall–Kier alpha value is -3.54. The third-order valence-corrected chi connectivity index (χ3v) is 4.14. The van der Waals surface area contributed by atoms with Crippen molar-refractivity contribution in [1.82, 2.24) is 9.38 Å². The van der Waals surface area contributed by atoms with Gasteiger partial charge in [0.15, 0.2) is 11.6 Å². The van der Waals surface area contributed by atoms with Gasteiger partial charge in [0.2, 0.25) is 0 Å². The molecule has 128 valence electrons. The van der Waals surface area contributed by atoms with Gasteiger partial charge < -0.3 is 5.73 Å². The summed E-state index contributed by atoms with van der Waals surface area (Å²) in [7, 11) is 0. The van der Waals surface area contributed by atoms with Crippen LogP contribution in [-0.4, -0.2) is 15.2 Å². The highest BCUT2D eigenvalue weighted by atomic mass is 19.1. The second-order valence-corrected chi connectivity index (χ2v) is 5.78. The molecule has 2 heterocycles. The van der Waals surface area contributed by atoms with Gasteiger partial charge in [-0.1, -0.05) is 36.4 Å². The number of nitrogen functional groups attached to an aromatic ring is 1. The molecule has 0 saturated heterocycles. The quantitative estimate of drug-likeness (QED) is 0.567. The van der Waals surface area contributed by atoms with Crippen molar-refractivity contribution in [3.63, 3.8) is 0 Å². The number of anilines is 1. The molecule has 0 spiro atoms. The topological polar surface area (TPSA) is 60.4 Å². The Kier molecular flexibility index (Phi) is 3.73. The number of benzene rings is 2. The number of halogens is 2. The van der Waals surface area contributed by atoms with Crippen LogP contribution in [0.5, 0.6) is 0 Å². The maximum Gasteiger partial charge on any atom is 0.194 e. The molecular weight excluding hydrogens is 336 g/mol. The molecule has 26 heavy (non-hydrogen) atoms. The van der Waals surface area contributed by atoms with Crippen molar-refractivity contribution in [2.45, 2.75) is 0 Å². The molecule has 0 radical (unpaired) electrons. The number of fused-ring (bicyclic) bond motifs is 1. The number of nitrogens with two attached hydrogens (primary N) is 1. The summed E-state index contributed by atoms with van der Waals surface area (Å²) < 4.78 is 29.9. The minimum absolute atomic E-state index is 0.0155. The van der Waals surface area contributed by atoms with Crippen LogP contribution in [0.25, 0.3) is 16.9 Å². The van der Waals surface area contributed by atoms with E-state index < -0.39 is 11.6 Å². The number of nitrogens with zero attached hydrogens (tertiary/aromatic N) is 2. The summed E-state index contributed by atoms with van der Waals surface area (Å²) in [5.41, 5.74) is 6.98. The number of carbonyl (C=O) groups is 1. The Labute approximate surface area is 147 Å². The molecule has 0 atom stereocenters. The molecule has 6 heteroatoms. The van der Waals surface area contributed by atoms with Gasteiger partial charge in [-0.15, -0.1) is 0 Å². The number of pyridine rings is 1. The number of carbonyl (C=O) groups excluding carboxylic acids is 1. The van der Waals surface area contributed by atoms with E-state index in [0.29, 0.717) is 16.8 Å². The van der Waals surface area contributed by atoms with E-state index in [1.165, 1.54) is 16.7 Å². The Morgan fingerprint density at radius 2 is 1.58 bits per heavy atom. The van der Waals surface area contributed by atoms with Crippen molar-refractivity contribution in [1.29, 1.82) is 0 Å². The molecule has 0 fully saturated rings. The van der Waals surface area contributed by atoms with Crippen LogP contribution < -0.4 is 5.73 Å². The summed E-state index contributed by atoms with van der Waals surface area (Å²) in [4.78, 5) is 16.8. The van der Waals surface area contributed by atoms with E-state index in [-0.39, 0.29) is 22.9 Å². The first-order valence-corrected chi connectivity index (χ1v) is 7.88. The summed E-state index contributed by atoms with van der Waals surface area (Å²) in [5.74, 6) is -1.73. The standard InChI is InChI=1S/C20H13F2N3O/c21-14-7-4-8-15(22)17(14)18-20(23)24-16-10-9-13(11-25(16)18)19(26)12-5-2-1-3-6-12/h1-11H,23H2. The third kappa shape index (κ3) is 2.52. The average molecular weight is 349 g/mol. The van der Waals surface area contributed by atoms with Crippen LogP contribution in [0.1, 0.15) is 15.9 Å². The van der Waals surface area contributed by atoms with Crippen LogP contribution in [0.2, 0.25) is 0 Å². The number of rotatable bonds is 3. The number of hydrogen-bond donors (Lipinski definition) is 1. The van der Waals surface area contributed by atoms with Gasteiger partial charge in [0.25, 0.3) is 0 Å². The second kappa shape index (κ2) is 6.07. The van der Waals surface area contributed by atoms with Crippen molar-refractivity contribution in [2.75, 3.05) is 5.73 Å². The molecule has 0 saturated carbocycles. The van der Waals surface area contributed by atoms with Crippen LogP contribution in [0, 0.1) is 11.6 Å². The predicted octanol–water partition coefficient (Wildman–Crippen LogP) is 4.09. The number of aromatic nitrogens is 2. The molecule has 0 amide bonds. The fourth-order valence-corrected chi connectivity index (χ4v) is 2.93. The van der Waals surface area contributed by atoms with E-state index in [1.807, 2.05) is 6.07 Å². The largest absolute Gasteiger partial charge is 0.382 e. The second-order valence-electron chi connectivity index (χ2n) is 5.78. The lowest BCUT2D eigenvalue weighted by molar-refractivity contribution is 0.103. The minimum atomic E-state index is -0.752. The average Bonchev–Trinajstić information content (AvgIpc) is 2.97. The van der Waals surface area contributed by atoms with Crippen molar-refractivity contribution < 1.29 is 13.6 Å². The van der Waals surface area contributed by atoms with E-state index in [1.54, 1.807) is 36.4 Å². The van der Waals surface area contributed by atoms with E-state index in [2.05, 4.69) is 4.98 Å². The normalized spacial score (nSPS) is 11.0. The zero-order valence-electron chi connectivity index (χ0n) is 13.5. The lowest BCUT2D eigenvalue weighted by Gasteiger charge is -2.08. The highest BCUT2D eigenvalue weighted by Crippen LogP contribution is 2.31. The Morgan fingerprint density at radius 3 is 2.27 bits per heavy atom. The molecular formula is C20H13F2N3O. The van der Waals surface area contributed by atoms with Gasteiger partial charge in [-0.05, 0) is 24.3 Å². The van der Waals surface area contributed by atoms with Crippen LogP contribution >= 0.6 is 0 Å². The Morgan fingerprint density at radius 1 is 0.885 bits per heavy atom. The monoisotopic (exact) mass is 349 g/mol. The zero-order valence-corrected chi connectivity index (χ0v) is 13.5. The molecule has 0 unspecified atom stereocenters. The molecule has 0 bridgehead atoms. The lowest BCUT2D eigenvalue weighted by atomic mass is 10.1. The van der Waals surface area contributed by atoms with E-state index in [4.69, 9.17) is 5.73 Å². The fraction of sp³-hybridized carbons (Fsp3) is 0.